The molecule has 0 saturated heterocycles. The predicted molar refractivity (Wildman–Crippen MR) is 80.7 cm³/mol. The normalized spacial score (nSPS) is 12.9. The van der Waals surface area contributed by atoms with Crippen molar-refractivity contribution >= 4 is 0 Å². The van der Waals surface area contributed by atoms with Crippen molar-refractivity contribution < 1.29 is 13.2 Å². The van der Waals surface area contributed by atoms with E-state index >= 15 is 0 Å². The van der Waals surface area contributed by atoms with Gasteiger partial charge in [0.15, 0.2) is 11.6 Å². The highest BCUT2D eigenvalue weighted by Crippen LogP contribution is 2.32. The molecule has 1 aromatic carbocycles. The van der Waals surface area contributed by atoms with Gasteiger partial charge in [-0.25, -0.2) is 13.2 Å². The van der Waals surface area contributed by atoms with Gasteiger partial charge < -0.3 is 5.32 Å². The maximum absolute atomic E-state index is 14.1. The van der Waals surface area contributed by atoms with E-state index in [4.69, 9.17) is 0 Å². The lowest BCUT2D eigenvalue weighted by Crippen LogP contribution is -2.30. The van der Waals surface area contributed by atoms with E-state index < -0.39 is 17.5 Å². The minimum atomic E-state index is -1.13. The summed E-state index contributed by atoms with van der Waals surface area (Å²) in [5.74, 6) is -2.56. The monoisotopic (exact) mass is 301 g/mol. The average molecular weight is 301 g/mol. The van der Waals surface area contributed by atoms with Crippen molar-refractivity contribution in [2.75, 3.05) is 6.54 Å². The first-order valence-corrected chi connectivity index (χ1v) is 7.92. The van der Waals surface area contributed by atoms with E-state index in [-0.39, 0.29) is 17.5 Å². The Morgan fingerprint density at radius 1 is 0.857 bits per heavy atom. The lowest BCUT2D eigenvalue weighted by atomic mass is 9.85. The molecular weight excluding hydrogens is 275 g/mol. The highest BCUT2D eigenvalue weighted by atomic mass is 19.2. The van der Waals surface area contributed by atoms with Crippen LogP contribution in [0.1, 0.15) is 64.5 Å². The highest BCUT2D eigenvalue weighted by molar-refractivity contribution is 5.24. The van der Waals surface area contributed by atoms with Crippen molar-refractivity contribution in [1.82, 2.24) is 5.32 Å². The molecule has 4 heteroatoms. The Hall–Kier alpha value is -1.03. The first-order valence-electron chi connectivity index (χ1n) is 7.92. The predicted octanol–water partition coefficient (Wildman–Crippen LogP) is 5.36. The van der Waals surface area contributed by atoms with E-state index in [1.165, 1.54) is 0 Å². The number of nitrogens with one attached hydrogen (secondary N) is 1. The zero-order valence-corrected chi connectivity index (χ0v) is 13.2. The Bertz CT molecular complexity index is 428. The molecule has 0 fully saturated rings. The summed E-state index contributed by atoms with van der Waals surface area (Å²) in [6, 6.07) is 1.40. The Kier molecular flexibility index (Phi) is 7.79. The highest BCUT2D eigenvalue weighted by Gasteiger charge is 2.25. The number of hydrogen-bond donors (Lipinski definition) is 1. The molecule has 1 aromatic rings. The summed E-state index contributed by atoms with van der Waals surface area (Å²) in [6.45, 7) is 6.93. The smallest absolute Gasteiger partial charge is 0.161 e. The number of benzene rings is 1. The molecule has 0 aliphatic carbocycles. The van der Waals surface area contributed by atoms with Crippen LogP contribution in [0.5, 0.6) is 0 Å². The van der Waals surface area contributed by atoms with Gasteiger partial charge in [0.05, 0.1) is 0 Å². The summed E-state index contributed by atoms with van der Waals surface area (Å²) in [7, 11) is 0. The molecule has 0 saturated carbocycles. The fraction of sp³-hybridized carbons (Fsp3) is 0.647. The van der Waals surface area contributed by atoms with E-state index in [1.807, 2.05) is 6.92 Å². The molecule has 0 amide bonds. The fourth-order valence-corrected chi connectivity index (χ4v) is 2.83. The van der Waals surface area contributed by atoms with Gasteiger partial charge in [-0.05, 0) is 37.8 Å². The Morgan fingerprint density at radius 2 is 1.43 bits per heavy atom. The maximum atomic E-state index is 14.1. The fourth-order valence-electron chi connectivity index (χ4n) is 2.83. The third-order valence-corrected chi connectivity index (χ3v) is 3.78. The first kappa shape index (κ1) is 18.0. The van der Waals surface area contributed by atoms with E-state index in [0.717, 1.165) is 44.7 Å². The molecule has 0 heterocycles. The van der Waals surface area contributed by atoms with E-state index in [2.05, 4.69) is 19.2 Å². The second-order valence-corrected chi connectivity index (χ2v) is 5.56. The van der Waals surface area contributed by atoms with Crippen LogP contribution in [-0.4, -0.2) is 6.54 Å². The van der Waals surface area contributed by atoms with Gasteiger partial charge in [0.2, 0.25) is 0 Å². The lowest BCUT2D eigenvalue weighted by molar-refractivity contribution is 0.307. The minimum absolute atomic E-state index is 0.228. The SMILES string of the molecule is CCCNC(c1cc(F)c(F)cc1F)C(CCC)CCC. The molecule has 1 N–H and O–H groups in total. The molecule has 1 unspecified atom stereocenters. The Labute approximate surface area is 125 Å². The third-order valence-electron chi connectivity index (χ3n) is 3.78. The summed E-state index contributed by atoms with van der Waals surface area (Å²) in [5.41, 5.74) is 0.245. The summed E-state index contributed by atoms with van der Waals surface area (Å²) < 4.78 is 40.7. The summed E-state index contributed by atoms with van der Waals surface area (Å²) >= 11 is 0. The van der Waals surface area contributed by atoms with Crippen molar-refractivity contribution in [2.45, 2.75) is 58.9 Å². The van der Waals surface area contributed by atoms with E-state index in [0.29, 0.717) is 6.07 Å². The van der Waals surface area contributed by atoms with Crippen molar-refractivity contribution in [3.8, 4) is 0 Å². The van der Waals surface area contributed by atoms with Gasteiger partial charge >= 0.3 is 0 Å². The molecular formula is C17H26F3N. The van der Waals surface area contributed by atoms with Gasteiger partial charge in [-0.1, -0.05) is 33.6 Å². The summed E-state index contributed by atoms with van der Waals surface area (Å²) in [6.07, 6.45) is 4.76. The topological polar surface area (TPSA) is 12.0 Å². The maximum Gasteiger partial charge on any atom is 0.161 e. The number of halogens is 3. The molecule has 0 spiro atoms. The molecule has 0 aliphatic heterocycles. The van der Waals surface area contributed by atoms with Gasteiger partial charge in [0, 0.05) is 17.7 Å². The van der Waals surface area contributed by atoms with Gasteiger partial charge in [0.25, 0.3) is 0 Å². The molecule has 120 valence electrons. The average Bonchev–Trinajstić information content (AvgIpc) is 2.44. The zero-order chi connectivity index (χ0) is 15.8. The summed E-state index contributed by atoms with van der Waals surface area (Å²) in [4.78, 5) is 0. The largest absolute Gasteiger partial charge is 0.310 e. The van der Waals surface area contributed by atoms with Crippen LogP contribution < -0.4 is 5.32 Å². The standard InChI is InChI=1S/C17H26F3N/c1-4-7-12(8-5-2)17(21-9-6-3)13-10-15(19)16(20)11-14(13)18/h10-12,17,21H,4-9H2,1-3H3. The van der Waals surface area contributed by atoms with Gasteiger partial charge in [-0.3, -0.25) is 0 Å². The molecule has 0 radical (unpaired) electrons. The molecule has 1 atom stereocenters. The van der Waals surface area contributed by atoms with Gasteiger partial charge in [-0.15, -0.1) is 0 Å². The van der Waals surface area contributed by atoms with Crippen molar-refractivity contribution in [3.05, 3.63) is 35.1 Å². The second-order valence-electron chi connectivity index (χ2n) is 5.56. The molecule has 0 bridgehead atoms. The van der Waals surface area contributed by atoms with Crippen molar-refractivity contribution in [2.24, 2.45) is 5.92 Å². The lowest BCUT2D eigenvalue weighted by Gasteiger charge is -2.29. The van der Waals surface area contributed by atoms with Crippen LogP contribution in [0.25, 0.3) is 0 Å². The zero-order valence-electron chi connectivity index (χ0n) is 13.2. The Morgan fingerprint density at radius 3 is 1.95 bits per heavy atom. The van der Waals surface area contributed by atoms with Crippen molar-refractivity contribution in [3.63, 3.8) is 0 Å². The van der Waals surface area contributed by atoms with Crippen LogP contribution in [0.15, 0.2) is 12.1 Å². The Balaban J connectivity index is 3.13. The van der Waals surface area contributed by atoms with E-state index in [9.17, 15) is 13.2 Å². The quantitative estimate of drug-likeness (QED) is 0.605. The molecule has 1 rings (SSSR count). The van der Waals surface area contributed by atoms with Crippen LogP contribution in [0, 0.1) is 23.4 Å². The van der Waals surface area contributed by atoms with E-state index in [1.54, 1.807) is 0 Å². The van der Waals surface area contributed by atoms with Gasteiger partial charge in [0.1, 0.15) is 5.82 Å². The number of hydrogen-bond acceptors (Lipinski definition) is 1. The first-order chi connectivity index (χ1) is 10.0. The second kappa shape index (κ2) is 9.08. The molecule has 0 aromatic heterocycles. The minimum Gasteiger partial charge on any atom is -0.310 e. The van der Waals surface area contributed by atoms with Crippen LogP contribution in [0.3, 0.4) is 0 Å². The van der Waals surface area contributed by atoms with Crippen molar-refractivity contribution in [1.29, 1.82) is 0 Å². The van der Waals surface area contributed by atoms with Gasteiger partial charge in [-0.2, -0.15) is 0 Å². The number of rotatable bonds is 9. The molecule has 21 heavy (non-hydrogen) atoms. The van der Waals surface area contributed by atoms with Crippen LogP contribution >= 0.6 is 0 Å². The van der Waals surface area contributed by atoms with Crippen LogP contribution in [-0.2, 0) is 0 Å². The molecule has 0 aliphatic rings. The van der Waals surface area contributed by atoms with Crippen LogP contribution in [0.4, 0.5) is 13.2 Å². The van der Waals surface area contributed by atoms with Crippen LogP contribution in [0.2, 0.25) is 0 Å². The molecule has 1 nitrogen and oxygen atoms in total. The summed E-state index contributed by atoms with van der Waals surface area (Å²) in [5, 5.41) is 3.31. The third kappa shape index (κ3) is 5.03.